The second kappa shape index (κ2) is 9.43. The zero-order valence-corrected chi connectivity index (χ0v) is 18.9. The van der Waals surface area contributed by atoms with Crippen LogP contribution in [0.3, 0.4) is 0 Å². The summed E-state index contributed by atoms with van der Waals surface area (Å²) in [5.74, 6) is 0.0183. The van der Waals surface area contributed by atoms with Crippen LogP contribution in [0.4, 0.5) is 5.13 Å². The maximum atomic E-state index is 13.4. The summed E-state index contributed by atoms with van der Waals surface area (Å²) in [6.07, 6.45) is 0.261. The number of hydrogen-bond acceptors (Lipinski definition) is 5. The van der Waals surface area contributed by atoms with Crippen LogP contribution in [-0.2, 0) is 16.0 Å². The van der Waals surface area contributed by atoms with Crippen LogP contribution in [0, 0.1) is 13.8 Å². The number of nitrogens with zero attached hydrogens (tertiary/aromatic N) is 3. The minimum atomic E-state index is 0.0183. The summed E-state index contributed by atoms with van der Waals surface area (Å²) in [4.78, 5) is 22.4. The fourth-order valence-electron chi connectivity index (χ4n) is 3.77. The van der Waals surface area contributed by atoms with Crippen molar-refractivity contribution in [2.45, 2.75) is 20.3 Å². The van der Waals surface area contributed by atoms with Crippen molar-refractivity contribution >= 4 is 44.2 Å². The van der Waals surface area contributed by atoms with Gasteiger partial charge in [-0.15, -0.1) is 0 Å². The third-order valence-electron chi connectivity index (χ3n) is 5.38. The van der Waals surface area contributed by atoms with E-state index in [4.69, 9.17) is 21.3 Å². The minimum absolute atomic E-state index is 0.0183. The first-order valence-corrected chi connectivity index (χ1v) is 11.4. The van der Waals surface area contributed by atoms with Crippen LogP contribution in [0.25, 0.3) is 10.2 Å². The number of aryl methyl sites for hydroxylation is 2. The summed E-state index contributed by atoms with van der Waals surface area (Å²) in [5, 5.41) is 1.37. The highest BCUT2D eigenvalue weighted by Crippen LogP contribution is 2.32. The number of fused-ring (bicyclic) bond motifs is 1. The van der Waals surface area contributed by atoms with E-state index in [-0.39, 0.29) is 12.3 Å². The average molecular weight is 444 g/mol. The van der Waals surface area contributed by atoms with Gasteiger partial charge in [0.1, 0.15) is 0 Å². The van der Waals surface area contributed by atoms with E-state index < -0.39 is 0 Å². The summed E-state index contributed by atoms with van der Waals surface area (Å²) >= 11 is 7.90. The van der Waals surface area contributed by atoms with Gasteiger partial charge in [0.05, 0.1) is 29.9 Å². The number of thiazole rings is 1. The molecule has 0 N–H and O–H groups in total. The molecule has 158 valence electrons. The van der Waals surface area contributed by atoms with E-state index in [0.29, 0.717) is 11.6 Å². The number of aromatic nitrogens is 1. The number of ether oxygens (including phenoxy) is 1. The van der Waals surface area contributed by atoms with Crippen molar-refractivity contribution in [1.82, 2.24) is 9.88 Å². The molecule has 4 rings (SSSR count). The monoisotopic (exact) mass is 443 g/mol. The molecule has 0 aliphatic carbocycles. The Kier molecular flexibility index (Phi) is 6.68. The standard InChI is InChI=1S/C23H26ClN3O2S/c1-16-13-17(2)22-20(14-16)25-23(30-22)27(8-7-26-9-11-29-12-10-26)21(28)15-18-5-3-4-6-19(18)24/h3-6,13-14H,7-12,15H2,1-2H3. The molecule has 1 aliphatic heterocycles. The molecule has 0 bridgehead atoms. The van der Waals surface area contributed by atoms with E-state index in [1.807, 2.05) is 29.2 Å². The predicted molar refractivity (Wildman–Crippen MR) is 124 cm³/mol. The Morgan fingerprint density at radius 1 is 1.23 bits per heavy atom. The van der Waals surface area contributed by atoms with Crippen molar-refractivity contribution in [2.75, 3.05) is 44.3 Å². The van der Waals surface area contributed by atoms with Crippen LogP contribution in [-0.4, -0.2) is 55.2 Å². The Morgan fingerprint density at radius 2 is 2.00 bits per heavy atom. The van der Waals surface area contributed by atoms with Gasteiger partial charge in [-0.3, -0.25) is 14.6 Å². The van der Waals surface area contributed by atoms with Crippen LogP contribution < -0.4 is 4.90 Å². The molecule has 5 nitrogen and oxygen atoms in total. The Morgan fingerprint density at radius 3 is 2.77 bits per heavy atom. The fraction of sp³-hybridized carbons (Fsp3) is 0.391. The highest BCUT2D eigenvalue weighted by Gasteiger charge is 2.23. The number of amides is 1. The SMILES string of the molecule is Cc1cc(C)c2sc(N(CCN3CCOCC3)C(=O)Cc3ccccc3Cl)nc2c1. The quantitative estimate of drug-likeness (QED) is 0.563. The molecule has 0 radical (unpaired) electrons. The summed E-state index contributed by atoms with van der Waals surface area (Å²) < 4.78 is 6.58. The van der Waals surface area contributed by atoms with E-state index in [1.165, 1.54) is 11.1 Å². The van der Waals surface area contributed by atoms with Crippen molar-refractivity contribution in [3.63, 3.8) is 0 Å². The molecular weight excluding hydrogens is 418 g/mol. The Balaban J connectivity index is 1.61. The summed E-state index contributed by atoms with van der Waals surface area (Å²) in [7, 11) is 0. The second-order valence-corrected chi connectivity index (χ2v) is 9.08. The fourth-order valence-corrected chi connectivity index (χ4v) is 5.04. The lowest BCUT2D eigenvalue weighted by molar-refractivity contribution is -0.118. The zero-order chi connectivity index (χ0) is 21.1. The van der Waals surface area contributed by atoms with Crippen molar-refractivity contribution in [1.29, 1.82) is 0 Å². The third-order valence-corrected chi connectivity index (χ3v) is 6.98. The summed E-state index contributed by atoms with van der Waals surface area (Å²) in [6.45, 7) is 8.84. The minimum Gasteiger partial charge on any atom is -0.379 e. The van der Waals surface area contributed by atoms with Gasteiger partial charge in [0.15, 0.2) is 5.13 Å². The molecule has 30 heavy (non-hydrogen) atoms. The molecule has 0 atom stereocenters. The van der Waals surface area contributed by atoms with Gasteiger partial charge in [0, 0.05) is 31.2 Å². The van der Waals surface area contributed by atoms with Crippen LogP contribution in [0.15, 0.2) is 36.4 Å². The molecule has 1 amide bonds. The average Bonchev–Trinajstić information content (AvgIpc) is 3.14. The molecule has 1 aromatic heterocycles. The molecule has 2 aromatic carbocycles. The van der Waals surface area contributed by atoms with E-state index >= 15 is 0 Å². The Labute approximate surface area is 186 Å². The second-order valence-electron chi connectivity index (χ2n) is 7.69. The molecule has 3 aromatic rings. The number of carbonyl (C=O) groups is 1. The Hall–Kier alpha value is -1.99. The maximum absolute atomic E-state index is 13.4. The number of morpholine rings is 1. The molecule has 1 aliphatic rings. The molecule has 1 saturated heterocycles. The number of anilines is 1. The van der Waals surface area contributed by atoms with Gasteiger partial charge in [-0.05, 0) is 42.7 Å². The van der Waals surface area contributed by atoms with Crippen molar-refractivity contribution < 1.29 is 9.53 Å². The number of halogens is 1. The predicted octanol–water partition coefficient (Wildman–Crippen LogP) is 4.47. The maximum Gasteiger partial charge on any atom is 0.233 e. The molecule has 0 saturated carbocycles. The highest BCUT2D eigenvalue weighted by atomic mass is 35.5. The van der Waals surface area contributed by atoms with Gasteiger partial charge in [0.2, 0.25) is 5.91 Å². The lowest BCUT2D eigenvalue weighted by Gasteiger charge is -2.29. The molecule has 0 spiro atoms. The zero-order valence-electron chi connectivity index (χ0n) is 17.4. The van der Waals surface area contributed by atoms with Crippen LogP contribution in [0.5, 0.6) is 0 Å². The van der Waals surface area contributed by atoms with Gasteiger partial charge in [-0.1, -0.05) is 47.2 Å². The third kappa shape index (κ3) is 4.83. The van der Waals surface area contributed by atoms with Gasteiger partial charge >= 0.3 is 0 Å². The van der Waals surface area contributed by atoms with Crippen molar-refractivity contribution in [3.05, 3.63) is 58.1 Å². The first kappa shape index (κ1) is 21.2. The molecule has 1 fully saturated rings. The van der Waals surface area contributed by atoms with E-state index in [0.717, 1.165) is 53.8 Å². The van der Waals surface area contributed by atoms with Crippen LogP contribution in [0.2, 0.25) is 5.02 Å². The van der Waals surface area contributed by atoms with Crippen molar-refractivity contribution in [2.24, 2.45) is 0 Å². The van der Waals surface area contributed by atoms with E-state index in [1.54, 1.807) is 11.3 Å². The van der Waals surface area contributed by atoms with E-state index in [2.05, 4.69) is 30.9 Å². The normalized spacial score (nSPS) is 14.9. The Bertz CT molecular complexity index is 1050. The molecule has 7 heteroatoms. The number of hydrogen-bond donors (Lipinski definition) is 0. The lowest BCUT2D eigenvalue weighted by Crippen LogP contribution is -2.43. The smallest absolute Gasteiger partial charge is 0.233 e. The van der Waals surface area contributed by atoms with Crippen LogP contribution in [0.1, 0.15) is 16.7 Å². The summed E-state index contributed by atoms with van der Waals surface area (Å²) in [6, 6.07) is 11.8. The van der Waals surface area contributed by atoms with E-state index in [9.17, 15) is 4.79 Å². The number of rotatable bonds is 6. The highest BCUT2D eigenvalue weighted by molar-refractivity contribution is 7.22. The number of carbonyl (C=O) groups excluding carboxylic acids is 1. The molecule has 2 heterocycles. The molecular formula is C23H26ClN3O2S. The van der Waals surface area contributed by atoms with Gasteiger partial charge in [0.25, 0.3) is 0 Å². The van der Waals surface area contributed by atoms with Crippen molar-refractivity contribution in [3.8, 4) is 0 Å². The molecule has 0 unspecified atom stereocenters. The van der Waals surface area contributed by atoms with Gasteiger partial charge in [-0.25, -0.2) is 4.98 Å². The summed E-state index contributed by atoms with van der Waals surface area (Å²) in [5.41, 5.74) is 4.17. The first-order chi connectivity index (χ1) is 14.5. The van der Waals surface area contributed by atoms with Gasteiger partial charge < -0.3 is 4.74 Å². The lowest BCUT2D eigenvalue weighted by atomic mass is 10.1. The topological polar surface area (TPSA) is 45.7 Å². The first-order valence-electron chi connectivity index (χ1n) is 10.2. The number of benzene rings is 2. The van der Waals surface area contributed by atoms with Crippen LogP contribution >= 0.6 is 22.9 Å². The van der Waals surface area contributed by atoms with Gasteiger partial charge in [-0.2, -0.15) is 0 Å². The largest absolute Gasteiger partial charge is 0.379 e.